The van der Waals surface area contributed by atoms with Crippen molar-refractivity contribution in [2.45, 2.75) is 31.3 Å². The van der Waals surface area contributed by atoms with Gasteiger partial charge in [-0.15, -0.1) is 0 Å². The van der Waals surface area contributed by atoms with Gasteiger partial charge in [0.1, 0.15) is 6.26 Å². The number of piperidine rings is 1. The summed E-state index contributed by atoms with van der Waals surface area (Å²) in [7, 11) is 0. The predicted octanol–water partition coefficient (Wildman–Crippen LogP) is 2.55. The van der Waals surface area contributed by atoms with Crippen LogP contribution in [-0.2, 0) is 4.74 Å². The normalized spacial score (nSPS) is 21.8. The lowest BCUT2D eigenvalue weighted by molar-refractivity contribution is -0.0649. The van der Waals surface area contributed by atoms with Crippen molar-refractivity contribution < 1.29 is 18.8 Å². The number of pyridine rings is 1. The van der Waals surface area contributed by atoms with E-state index in [1.165, 1.54) is 12.5 Å². The summed E-state index contributed by atoms with van der Waals surface area (Å²) in [6.45, 7) is 2.81. The summed E-state index contributed by atoms with van der Waals surface area (Å²) in [5.41, 5.74) is 0.382. The Morgan fingerprint density at radius 1 is 1.35 bits per heavy atom. The molecule has 2 aliphatic rings. The minimum Gasteiger partial charge on any atom is -0.478 e. The average Bonchev–Trinajstić information content (AvgIpc) is 3.34. The molecule has 0 aromatic carbocycles. The third-order valence-corrected chi connectivity index (χ3v) is 5.53. The minimum atomic E-state index is -0.126. The van der Waals surface area contributed by atoms with Crippen molar-refractivity contribution in [3.8, 4) is 5.88 Å². The molecule has 2 saturated heterocycles. The lowest BCUT2D eigenvalue weighted by Gasteiger charge is -2.42. The van der Waals surface area contributed by atoms with E-state index in [0.29, 0.717) is 37.1 Å². The fourth-order valence-electron chi connectivity index (χ4n) is 4.06. The molecule has 0 unspecified atom stereocenters. The van der Waals surface area contributed by atoms with Gasteiger partial charge in [0.05, 0.1) is 24.0 Å². The van der Waals surface area contributed by atoms with E-state index < -0.39 is 0 Å². The van der Waals surface area contributed by atoms with Gasteiger partial charge in [0, 0.05) is 32.0 Å². The largest absolute Gasteiger partial charge is 0.478 e. The van der Waals surface area contributed by atoms with Crippen molar-refractivity contribution in [3.05, 3.63) is 42.4 Å². The number of hydrogen-bond acceptors (Lipinski definition) is 6. The Balaban J connectivity index is 1.31. The van der Waals surface area contributed by atoms with Gasteiger partial charge < -0.3 is 18.9 Å². The molecule has 4 rings (SSSR count). The van der Waals surface area contributed by atoms with Gasteiger partial charge >= 0.3 is 0 Å². The van der Waals surface area contributed by atoms with Crippen molar-refractivity contribution in [3.63, 3.8) is 0 Å². The molecular weight excluding hydrogens is 334 g/mol. The van der Waals surface area contributed by atoms with E-state index in [0.717, 1.165) is 32.3 Å². The summed E-state index contributed by atoms with van der Waals surface area (Å²) in [6.07, 6.45) is 8.31. The first kappa shape index (κ1) is 17.0. The SMILES string of the molecule is O=C(c1cnoc1)N1CCC2(CC1)OCC[C@H]2CCOc1ccccn1. The van der Waals surface area contributed by atoms with Crippen LogP contribution in [0.1, 0.15) is 36.0 Å². The van der Waals surface area contributed by atoms with Crippen LogP contribution in [0, 0.1) is 5.92 Å². The summed E-state index contributed by atoms with van der Waals surface area (Å²) >= 11 is 0. The van der Waals surface area contributed by atoms with Crippen molar-refractivity contribution in [1.82, 2.24) is 15.0 Å². The van der Waals surface area contributed by atoms with E-state index in [-0.39, 0.29) is 11.5 Å². The van der Waals surface area contributed by atoms with Crippen molar-refractivity contribution in [1.29, 1.82) is 0 Å². The molecule has 1 atom stereocenters. The summed E-state index contributed by atoms with van der Waals surface area (Å²) < 4.78 is 16.7. The maximum Gasteiger partial charge on any atom is 0.258 e. The molecule has 26 heavy (non-hydrogen) atoms. The number of hydrogen-bond donors (Lipinski definition) is 0. The lowest BCUT2D eigenvalue weighted by atomic mass is 9.78. The maximum atomic E-state index is 12.4. The molecule has 0 saturated carbocycles. The highest BCUT2D eigenvalue weighted by molar-refractivity contribution is 5.93. The molecule has 2 fully saturated rings. The molecular formula is C19H23N3O4. The number of ether oxygens (including phenoxy) is 2. The van der Waals surface area contributed by atoms with Crippen molar-refractivity contribution in [2.75, 3.05) is 26.3 Å². The van der Waals surface area contributed by atoms with Crippen LogP contribution in [0.2, 0.25) is 0 Å². The Bertz CT molecular complexity index is 712. The second-order valence-electron chi connectivity index (χ2n) is 6.91. The molecule has 0 N–H and O–H groups in total. The third kappa shape index (κ3) is 3.44. The third-order valence-electron chi connectivity index (χ3n) is 5.53. The number of nitrogens with zero attached hydrogens (tertiary/aromatic N) is 3. The second-order valence-corrected chi connectivity index (χ2v) is 6.91. The molecule has 0 aliphatic carbocycles. The summed E-state index contributed by atoms with van der Waals surface area (Å²) in [5.74, 6) is 1.10. The summed E-state index contributed by atoms with van der Waals surface area (Å²) in [4.78, 5) is 18.5. The standard InChI is InChI=1S/C19H23N3O4/c23-18(15-13-21-26-14-15)22-9-6-19(7-10-22)16(5-12-25-19)4-11-24-17-3-1-2-8-20-17/h1-3,8,13-14,16H,4-7,9-12H2/t16-/m1/s1. The number of rotatable bonds is 5. The van der Waals surface area contributed by atoms with Gasteiger partial charge in [-0.2, -0.15) is 0 Å². The lowest BCUT2D eigenvalue weighted by Crippen LogP contribution is -2.49. The Morgan fingerprint density at radius 2 is 2.23 bits per heavy atom. The monoisotopic (exact) mass is 357 g/mol. The van der Waals surface area contributed by atoms with E-state index in [1.807, 2.05) is 23.1 Å². The highest BCUT2D eigenvalue weighted by atomic mass is 16.5. The fraction of sp³-hybridized carbons (Fsp3) is 0.526. The molecule has 7 heteroatoms. The highest BCUT2D eigenvalue weighted by Gasteiger charge is 2.46. The van der Waals surface area contributed by atoms with Crippen LogP contribution in [0.4, 0.5) is 0 Å². The van der Waals surface area contributed by atoms with E-state index in [1.54, 1.807) is 6.20 Å². The molecule has 4 heterocycles. The number of carbonyl (C=O) groups is 1. The first-order valence-electron chi connectivity index (χ1n) is 9.13. The summed E-state index contributed by atoms with van der Waals surface area (Å²) in [5, 5.41) is 3.61. The van der Waals surface area contributed by atoms with Crippen molar-refractivity contribution >= 4 is 5.91 Å². The van der Waals surface area contributed by atoms with Gasteiger partial charge in [-0.3, -0.25) is 4.79 Å². The Morgan fingerprint density at radius 3 is 2.96 bits per heavy atom. The molecule has 7 nitrogen and oxygen atoms in total. The quantitative estimate of drug-likeness (QED) is 0.818. The molecule has 0 bridgehead atoms. The highest BCUT2D eigenvalue weighted by Crippen LogP contribution is 2.42. The van der Waals surface area contributed by atoms with Crippen LogP contribution in [0.25, 0.3) is 0 Å². The molecule has 2 aromatic heterocycles. The van der Waals surface area contributed by atoms with Crippen LogP contribution in [-0.4, -0.2) is 52.9 Å². The first-order chi connectivity index (χ1) is 12.8. The number of likely N-dealkylation sites (tertiary alicyclic amines) is 1. The molecule has 2 aliphatic heterocycles. The molecule has 1 amide bonds. The summed E-state index contributed by atoms with van der Waals surface area (Å²) in [6, 6.07) is 5.67. The van der Waals surface area contributed by atoms with E-state index in [9.17, 15) is 4.79 Å². The fourth-order valence-corrected chi connectivity index (χ4v) is 4.06. The van der Waals surface area contributed by atoms with Crippen LogP contribution < -0.4 is 4.74 Å². The van der Waals surface area contributed by atoms with Gasteiger partial charge in [0.15, 0.2) is 0 Å². The van der Waals surface area contributed by atoms with Crippen LogP contribution >= 0.6 is 0 Å². The average molecular weight is 357 g/mol. The van der Waals surface area contributed by atoms with E-state index >= 15 is 0 Å². The maximum absolute atomic E-state index is 12.4. The molecule has 2 aromatic rings. The zero-order valence-electron chi connectivity index (χ0n) is 14.7. The second kappa shape index (κ2) is 7.45. The smallest absolute Gasteiger partial charge is 0.258 e. The zero-order chi connectivity index (χ0) is 17.8. The van der Waals surface area contributed by atoms with Gasteiger partial charge in [0.2, 0.25) is 5.88 Å². The van der Waals surface area contributed by atoms with Gasteiger partial charge in [-0.25, -0.2) is 4.98 Å². The van der Waals surface area contributed by atoms with E-state index in [2.05, 4.69) is 10.1 Å². The van der Waals surface area contributed by atoms with Gasteiger partial charge in [-0.05, 0) is 37.7 Å². The first-order valence-corrected chi connectivity index (χ1v) is 9.13. The van der Waals surface area contributed by atoms with Crippen LogP contribution in [0.15, 0.2) is 41.4 Å². The molecule has 138 valence electrons. The topological polar surface area (TPSA) is 77.7 Å². The molecule has 1 spiro atoms. The van der Waals surface area contributed by atoms with Crippen LogP contribution in [0.3, 0.4) is 0 Å². The van der Waals surface area contributed by atoms with Crippen molar-refractivity contribution in [2.24, 2.45) is 5.92 Å². The number of amides is 1. The van der Waals surface area contributed by atoms with Gasteiger partial charge in [0.25, 0.3) is 5.91 Å². The van der Waals surface area contributed by atoms with E-state index in [4.69, 9.17) is 14.0 Å². The minimum absolute atomic E-state index is 0.0193. The Hall–Kier alpha value is -2.41. The van der Waals surface area contributed by atoms with Crippen LogP contribution in [0.5, 0.6) is 5.88 Å². The Kier molecular flexibility index (Phi) is 4.88. The Labute approximate surface area is 152 Å². The number of carbonyl (C=O) groups excluding carboxylic acids is 1. The zero-order valence-corrected chi connectivity index (χ0v) is 14.7. The predicted molar refractivity (Wildman–Crippen MR) is 92.8 cm³/mol. The molecule has 0 radical (unpaired) electrons. The van der Waals surface area contributed by atoms with Gasteiger partial charge in [-0.1, -0.05) is 11.2 Å². The number of aromatic nitrogens is 2.